The Morgan fingerprint density at radius 1 is 0.944 bits per heavy atom. The lowest BCUT2D eigenvalue weighted by Crippen LogP contribution is -1.89. The fraction of sp³-hybridized carbons (Fsp3) is 0.250. The molecule has 0 aliphatic rings. The van der Waals surface area contributed by atoms with Gasteiger partial charge in [-0.15, -0.1) is 0 Å². The highest BCUT2D eigenvalue weighted by molar-refractivity contribution is 9.09. The summed E-state index contributed by atoms with van der Waals surface area (Å²) in [6.45, 7) is 2.20. The Bertz CT molecular complexity index is 464. The number of hydrogen-bond acceptors (Lipinski definition) is 1. The number of ether oxygens (including phenoxy) is 1. The summed E-state index contributed by atoms with van der Waals surface area (Å²) in [5, 5.41) is 0. The summed E-state index contributed by atoms with van der Waals surface area (Å²) < 4.78 is 5.76. The van der Waals surface area contributed by atoms with Gasteiger partial charge >= 0.3 is 0 Å². The Balaban J connectivity index is 2.04. The molecule has 1 nitrogen and oxygen atoms in total. The normalized spacial score (nSPS) is 12.1. The molecule has 0 amide bonds. The van der Waals surface area contributed by atoms with Crippen LogP contribution in [-0.4, -0.2) is 0 Å². The molecule has 0 bridgehead atoms. The molecular formula is C16H17BrO. The number of benzene rings is 2. The minimum Gasteiger partial charge on any atom is -0.457 e. The second-order valence-corrected chi connectivity index (χ2v) is 5.35. The maximum atomic E-state index is 5.76. The van der Waals surface area contributed by atoms with Crippen molar-refractivity contribution in [2.75, 3.05) is 0 Å². The van der Waals surface area contributed by atoms with Crippen molar-refractivity contribution in [1.82, 2.24) is 0 Å². The van der Waals surface area contributed by atoms with Crippen molar-refractivity contribution in [2.24, 2.45) is 0 Å². The van der Waals surface area contributed by atoms with E-state index < -0.39 is 0 Å². The Hall–Kier alpha value is -1.28. The van der Waals surface area contributed by atoms with Gasteiger partial charge in [0.2, 0.25) is 0 Å². The van der Waals surface area contributed by atoms with E-state index in [1.807, 2.05) is 42.5 Å². The molecule has 0 saturated carbocycles. The van der Waals surface area contributed by atoms with Crippen molar-refractivity contribution in [2.45, 2.75) is 24.6 Å². The molecule has 2 rings (SSSR count). The number of alkyl halides is 1. The van der Waals surface area contributed by atoms with E-state index >= 15 is 0 Å². The van der Waals surface area contributed by atoms with Gasteiger partial charge in [-0.25, -0.2) is 0 Å². The maximum absolute atomic E-state index is 5.76. The number of rotatable bonds is 5. The lowest BCUT2D eigenvalue weighted by molar-refractivity contribution is 0.482. The van der Waals surface area contributed by atoms with Crippen LogP contribution in [-0.2, 0) is 0 Å². The van der Waals surface area contributed by atoms with Crippen LogP contribution in [0.2, 0.25) is 0 Å². The van der Waals surface area contributed by atoms with Crippen LogP contribution in [0.15, 0.2) is 54.6 Å². The van der Waals surface area contributed by atoms with Crippen LogP contribution in [0, 0.1) is 0 Å². The molecule has 0 aliphatic heterocycles. The van der Waals surface area contributed by atoms with Gasteiger partial charge in [-0.3, -0.25) is 0 Å². The minimum atomic E-state index is 0.438. The van der Waals surface area contributed by atoms with Gasteiger partial charge in [0.25, 0.3) is 0 Å². The van der Waals surface area contributed by atoms with Crippen molar-refractivity contribution in [3.63, 3.8) is 0 Å². The van der Waals surface area contributed by atoms with Gasteiger partial charge in [0.05, 0.1) is 0 Å². The molecule has 0 radical (unpaired) electrons. The maximum Gasteiger partial charge on any atom is 0.127 e. The lowest BCUT2D eigenvalue weighted by atomic mass is 10.1. The summed E-state index contributed by atoms with van der Waals surface area (Å²) in [6.07, 6.45) is 2.33. The summed E-state index contributed by atoms with van der Waals surface area (Å²) in [5.41, 5.74) is 1.30. The fourth-order valence-electron chi connectivity index (χ4n) is 1.79. The second kappa shape index (κ2) is 6.60. The van der Waals surface area contributed by atoms with E-state index in [1.165, 1.54) is 12.0 Å². The van der Waals surface area contributed by atoms with Gasteiger partial charge in [-0.1, -0.05) is 59.6 Å². The minimum absolute atomic E-state index is 0.438. The molecule has 1 unspecified atom stereocenters. The summed E-state index contributed by atoms with van der Waals surface area (Å²) in [7, 11) is 0. The average Bonchev–Trinajstić information content (AvgIpc) is 2.41. The van der Waals surface area contributed by atoms with Gasteiger partial charge in [-0.05, 0) is 36.2 Å². The number of hydrogen-bond donors (Lipinski definition) is 0. The van der Waals surface area contributed by atoms with E-state index in [1.54, 1.807) is 0 Å². The Labute approximate surface area is 117 Å². The molecule has 2 aromatic rings. The fourth-order valence-corrected chi connectivity index (χ4v) is 2.55. The van der Waals surface area contributed by atoms with Crippen LogP contribution in [0.3, 0.4) is 0 Å². The van der Waals surface area contributed by atoms with Gasteiger partial charge in [-0.2, -0.15) is 0 Å². The quantitative estimate of drug-likeness (QED) is 0.642. The highest BCUT2D eigenvalue weighted by Gasteiger charge is 2.06. The Kier molecular flexibility index (Phi) is 4.82. The van der Waals surface area contributed by atoms with E-state index in [-0.39, 0.29) is 0 Å². The van der Waals surface area contributed by atoms with E-state index in [0.717, 1.165) is 17.9 Å². The van der Waals surface area contributed by atoms with E-state index in [0.29, 0.717) is 4.83 Å². The molecule has 18 heavy (non-hydrogen) atoms. The zero-order chi connectivity index (χ0) is 12.8. The van der Waals surface area contributed by atoms with Crippen LogP contribution >= 0.6 is 15.9 Å². The third-order valence-electron chi connectivity index (χ3n) is 2.76. The lowest BCUT2D eigenvalue weighted by Gasteiger charge is -2.10. The first-order chi connectivity index (χ1) is 8.79. The van der Waals surface area contributed by atoms with Crippen LogP contribution in [0.1, 0.15) is 30.2 Å². The molecule has 0 spiro atoms. The van der Waals surface area contributed by atoms with E-state index in [9.17, 15) is 0 Å². The molecule has 2 heteroatoms. The van der Waals surface area contributed by atoms with E-state index in [4.69, 9.17) is 4.74 Å². The third kappa shape index (κ3) is 3.61. The molecular weight excluding hydrogens is 288 g/mol. The molecule has 1 atom stereocenters. The topological polar surface area (TPSA) is 9.23 Å². The SMILES string of the molecule is CCCC(Br)c1ccc(Oc2ccccc2)cc1. The zero-order valence-electron chi connectivity index (χ0n) is 10.5. The smallest absolute Gasteiger partial charge is 0.127 e. The number of halogens is 1. The van der Waals surface area contributed by atoms with Crippen molar-refractivity contribution < 1.29 is 4.74 Å². The monoisotopic (exact) mass is 304 g/mol. The standard InChI is InChI=1S/C16H17BrO/c1-2-6-16(17)13-9-11-15(12-10-13)18-14-7-4-3-5-8-14/h3-5,7-12,16H,2,6H2,1H3. The molecule has 0 heterocycles. The summed E-state index contributed by atoms with van der Waals surface area (Å²) >= 11 is 3.70. The third-order valence-corrected chi connectivity index (χ3v) is 3.75. The Morgan fingerprint density at radius 3 is 2.17 bits per heavy atom. The summed E-state index contributed by atoms with van der Waals surface area (Å²) in [6, 6.07) is 18.1. The first-order valence-electron chi connectivity index (χ1n) is 6.26. The molecule has 0 N–H and O–H groups in total. The van der Waals surface area contributed by atoms with Crippen molar-refractivity contribution in [3.8, 4) is 11.5 Å². The van der Waals surface area contributed by atoms with Crippen molar-refractivity contribution >= 4 is 15.9 Å². The van der Waals surface area contributed by atoms with Gasteiger partial charge in [0.1, 0.15) is 11.5 Å². The molecule has 94 valence electrons. The predicted molar refractivity (Wildman–Crippen MR) is 79.5 cm³/mol. The van der Waals surface area contributed by atoms with E-state index in [2.05, 4.69) is 35.0 Å². The van der Waals surface area contributed by atoms with Gasteiger partial charge in [0, 0.05) is 4.83 Å². The highest BCUT2D eigenvalue weighted by atomic mass is 79.9. The molecule has 0 fully saturated rings. The van der Waals surface area contributed by atoms with Crippen LogP contribution < -0.4 is 4.74 Å². The first kappa shape index (κ1) is 13.2. The number of para-hydroxylation sites is 1. The summed E-state index contributed by atoms with van der Waals surface area (Å²) in [4.78, 5) is 0.438. The van der Waals surface area contributed by atoms with Crippen LogP contribution in [0.25, 0.3) is 0 Å². The second-order valence-electron chi connectivity index (χ2n) is 4.24. The largest absolute Gasteiger partial charge is 0.457 e. The van der Waals surface area contributed by atoms with Gasteiger partial charge < -0.3 is 4.74 Å². The highest BCUT2D eigenvalue weighted by Crippen LogP contribution is 2.30. The predicted octanol–water partition coefficient (Wildman–Crippen LogP) is 5.72. The van der Waals surface area contributed by atoms with Crippen molar-refractivity contribution in [1.29, 1.82) is 0 Å². The van der Waals surface area contributed by atoms with Crippen LogP contribution in [0.5, 0.6) is 11.5 Å². The molecule has 0 saturated heterocycles. The molecule has 0 aromatic heterocycles. The molecule has 2 aromatic carbocycles. The first-order valence-corrected chi connectivity index (χ1v) is 7.18. The van der Waals surface area contributed by atoms with Crippen LogP contribution in [0.4, 0.5) is 0 Å². The van der Waals surface area contributed by atoms with Crippen molar-refractivity contribution in [3.05, 3.63) is 60.2 Å². The summed E-state index contributed by atoms with van der Waals surface area (Å²) in [5.74, 6) is 1.75. The molecule has 0 aliphatic carbocycles. The Morgan fingerprint density at radius 2 is 1.56 bits per heavy atom. The average molecular weight is 305 g/mol. The zero-order valence-corrected chi connectivity index (χ0v) is 12.1. The van der Waals surface area contributed by atoms with Gasteiger partial charge in [0.15, 0.2) is 0 Å².